The van der Waals surface area contributed by atoms with E-state index in [9.17, 15) is 4.79 Å². The van der Waals surface area contributed by atoms with E-state index in [0.717, 1.165) is 36.9 Å². The van der Waals surface area contributed by atoms with Gasteiger partial charge in [-0.2, -0.15) is 4.98 Å². The van der Waals surface area contributed by atoms with Gasteiger partial charge in [0, 0.05) is 50.3 Å². The van der Waals surface area contributed by atoms with Crippen LogP contribution in [0.5, 0.6) is 0 Å². The number of pyridine rings is 1. The third kappa shape index (κ3) is 6.49. The number of amides is 1. The fourth-order valence-electron chi connectivity index (χ4n) is 3.63. The molecule has 3 N–H and O–H groups in total. The van der Waals surface area contributed by atoms with Gasteiger partial charge in [0.15, 0.2) is 0 Å². The van der Waals surface area contributed by atoms with Gasteiger partial charge < -0.3 is 25.8 Å². The Morgan fingerprint density at radius 1 is 1.09 bits per heavy atom. The largest absolute Gasteiger partial charge is 0.369 e. The maximum atomic E-state index is 12.7. The summed E-state index contributed by atoms with van der Waals surface area (Å²) in [7, 11) is 2.15. The monoisotopic (exact) mass is 490 g/mol. The lowest BCUT2D eigenvalue weighted by Gasteiger charge is -2.34. The van der Waals surface area contributed by atoms with Crippen molar-refractivity contribution in [3.8, 4) is 0 Å². The number of carbonyl (C=O) groups is 1. The van der Waals surface area contributed by atoms with Crippen LogP contribution >= 0.6 is 11.8 Å². The first kappa shape index (κ1) is 24.5. The highest BCUT2D eigenvalue weighted by atomic mass is 32.2. The lowest BCUT2D eigenvalue weighted by molar-refractivity contribution is 0.0958. The first-order chi connectivity index (χ1) is 17.1. The maximum absolute atomic E-state index is 12.7. The Labute approximate surface area is 210 Å². The van der Waals surface area contributed by atoms with Gasteiger partial charge in [0.1, 0.15) is 17.2 Å². The fourth-order valence-corrected chi connectivity index (χ4v) is 4.04. The lowest BCUT2D eigenvalue weighted by Crippen LogP contribution is -2.44. The number of hydrogen-bond donors (Lipinski definition) is 3. The number of nitrogens with zero attached hydrogens (tertiary/aromatic N) is 5. The van der Waals surface area contributed by atoms with Crippen LogP contribution in [0.4, 0.5) is 29.0 Å². The van der Waals surface area contributed by atoms with Gasteiger partial charge in [-0.05, 0) is 49.7 Å². The van der Waals surface area contributed by atoms with Crippen LogP contribution in [0.3, 0.4) is 0 Å². The van der Waals surface area contributed by atoms with E-state index >= 15 is 0 Å². The van der Waals surface area contributed by atoms with Crippen molar-refractivity contribution in [2.45, 2.75) is 5.03 Å². The number of likely N-dealkylation sites (N-methyl/N-ethyl adjacent to an activating group) is 1. The standard InChI is InChI=1S/C25H30N8OS/c1-4-12-26-24(34)20-17-27-25(31-23(20)30-21-6-5-7-22(29-21)35-3)28-18-8-10-19(11-9-18)33-15-13-32(2)14-16-33/h4-11,17H,1,12-16H2,2-3H3,(H,26,34)(H2,27,28,29,30,31). The minimum Gasteiger partial charge on any atom is -0.369 e. The summed E-state index contributed by atoms with van der Waals surface area (Å²) < 4.78 is 0. The Morgan fingerprint density at radius 3 is 2.57 bits per heavy atom. The number of anilines is 5. The molecular formula is C25H30N8OS. The van der Waals surface area contributed by atoms with Gasteiger partial charge in [-0.15, -0.1) is 18.3 Å². The Morgan fingerprint density at radius 2 is 1.86 bits per heavy atom. The molecule has 0 bridgehead atoms. The number of piperazine rings is 1. The topological polar surface area (TPSA) is 98.3 Å². The van der Waals surface area contributed by atoms with Crippen molar-refractivity contribution in [1.29, 1.82) is 0 Å². The van der Waals surface area contributed by atoms with E-state index in [-0.39, 0.29) is 5.91 Å². The molecule has 1 fully saturated rings. The molecule has 3 aromatic rings. The summed E-state index contributed by atoms with van der Waals surface area (Å²) >= 11 is 1.54. The molecule has 1 saturated heterocycles. The molecule has 0 saturated carbocycles. The molecule has 0 aliphatic carbocycles. The fraction of sp³-hybridized carbons (Fsp3) is 0.280. The van der Waals surface area contributed by atoms with E-state index in [2.05, 4.69) is 66.5 Å². The van der Waals surface area contributed by atoms with Gasteiger partial charge >= 0.3 is 0 Å². The second kappa shape index (κ2) is 11.7. The molecule has 4 rings (SSSR count). The van der Waals surface area contributed by atoms with Crippen LogP contribution in [-0.4, -0.2) is 71.8 Å². The van der Waals surface area contributed by atoms with Crippen LogP contribution < -0.4 is 20.9 Å². The minimum absolute atomic E-state index is 0.295. The van der Waals surface area contributed by atoms with Gasteiger partial charge in [-0.1, -0.05) is 12.1 Å². The van der Waals surface area contributed by atoms with Crippen LogP contribution in [0.2, 0.25) is 0 Å². The smallest absolute Gasteiger partial charge is 0.256 e. The highest BCUT2D eigenvalue weighted by molar-refractivity contribution is 7.98. The second-order valence-corrected chi connectivity index (χ2v) is 8.93. The van der Waals surface area contributed by atoms with Gasteiger partial charge in [0.25, 0.3) is 5.91 Å². The molecular weight excluding hydrogens is 460 g/mol. The molecule has 0 radical (unpaired) electrons. The zero-order valence-corrected chi connectivity index (χ0v) is 20.8. The summed E-state index contributed by atoms with van der Waals surface area (Å²) in [5.74, 6) is 1.04. The van der Waals surface area contributed by atoms with E-state index in [0.29, 0.717) is 29.7 Å². The predicted octanol–water partition coefficient (Wildman–Crippen LogP) is 3.75. The van der Waals surface area contributed by atoms with Gasteiger partial charge in [-0.3, -0.25) is 4.79 Å². The summed E-state index contributed by atoms with van der Waals surface area (Å²) in [5.41, 5.74) is 2.38. The first-order valence-electron chi connectivity index (χ1n) is 11.4. The molecule has 3 heterocycles. The Bertz CT molecular complexity index is 1160. The Kier molecular flexibility index (Phi) is 8.17. The third-order valence-electron chi connectivity index (χ3n) is 5.61. The predicted molar refractivity (Wildman–Crippen MR) is 143 cm³/mol. The van der Waals surface area contributed by atoms with E-state index in [4.69, 9.17) is 0 Å². The van der Waals surface area contributed by atoms with Crippen LogP contribution in [0.25, 0.3) is 0 Å². The zero-order chi connectivity index (χ0) is 24.6. The minimum atomic E-state index is -0.295. The molecule has 0 atom stereocenters. The van der Waals surface area contributed by atoms with E-state index < -0.39 is 0 Å². The normalized spacial score (nSPS) is 13.8. The van der Waals surface area contributed by atoms with Crippen molar-refractivity contribution in [2.75, 3.05) is 61.6 Å². The van der Waals surface area contributed by atoms with Crippen molar-refractivity contribution in [3.63, 3.8) is 0 Å². The van der Waals surface area contributed by atoms with Crippen LogP contribution in [0, 0.1) is 0 Å². The maximum Gasteiger partial charge on any atom is 0.256 e. The molecule has 1 aliphatic rings. The van der Waals surface area contributed by atoms with Gasteiger partial charge in [0.2, 0.25) is 5.95 Å². The molecule has 1 aliphatic heterocycles. The molecule has 2 aromatic heterocycles. The molecule has 35 heavy (non-hydrogen) atoms. The second-order valence-electron chi connectivity index (χ2n) is 8.11. The molecule has 0 unspecified atom stereocenters. The van der Waals surface area contributed by atoms with Crippen molar-refractivity contribution >= 4 is 46.6 Å². The SMILES string of the molecule is C=CCNC(=O)c1cnc(Nc2ccc(N3CCN(C)CC3)cc2)nc1Nc1cccc(SC)n1. The van der Waals surface area contributed by atoms with E-state index in [1.54, 1.807) is 6.08 Å². The number of carbonyl (C=O) groups excluding carboxylic acids is 1. The van der Waals surface area contributed by atoms with E-state index in [1.807, 2.05) is 36.6 Å². The zero-order valence-electron chi connectivity index (χ0n) is 20.0. The van der Waals surface area contributed by atoms with Crippen LogP contribution in [-0.2, 0) is 0 Å². The summed E-state index contributed by atoms with van der Waals surface area (Å²) in [4.78, 5) is 30.9. The Hall–Kier alpha value is -3.63. The summed E-state index contributed by atoms with van der Waals surface area (Å²) in [6.45, 7) is 8.15. The van der Waals surface area contributed by atoms with Gasteiger partial charge in [0.05, 0.1) is 5.03 Å². The van der Waals surface area contributed by atoms with E-state index in [1.165, 1.54) is 23.6 Å². The summed E-state index contributed by atoms with van der Waals surface area (Å²) in [6.07, 6.45) is 5.09. The number of nitrogens with one attached hydrogen (secondary N) is 3. The number of rotatable bonds is 9. The molecule has 9 nitrogen and oxygen atoms in total. The number of benzene rings is 1. The third-order valence-corrected chi connectivity index (χ3v) is 6.26. The van der Waals surface area contributed by atoms with Crippen LogP contribution in [0.1, 0.15) is 10.4 Å². The van der Waals surface area contributed by atoms with Gasteiger partial charge in [-0.25, -0.2) is 9.97 Å². The highest BCUT2D eigenvalue weighted by Crippen LogP contribution is 2.24. The summed E-state index contributed by atoms with van der Waals surface area (Å²) in [5, 5.41) is 10.0. The van der Waals surface area contributed by atoms with Crippen LogP contribution in [0.15, 0.2) is 66.3 Å². The Balaban J connectivity index is 1.54. The average Bonchev–Trinajstić information content (AvgIpc) is 2.88. The number of hydrogen-bond acceptors (Lipinski definition) is 9. The molecule has 182 valence electrons. The number of aromatic nitrogens is 3. The quantitative estimate of drug-likeness (QED) is 0.306. The molecule has 0 spiro atoms. The lowest BCUT2D eigenvalue weighted by atomic mass is 10.2. The van der Waals surface area contributed by atoms with Crippen molar-refractivity contribution in [1.82, 2.24) is 25.2 Å². The van der Waals surface area contributed by atoms with Crippen molar-refractivity contribution < 1.29 is 4.79 Å². The molecule has 10 heteroatoms. The average molecular weight is 491 g/mol. The molecule has 1 aromatic carbocycles. The highest BCUT2D eigenvalue weighted by Gasteiger charge is 2.17. The first-order valence-corrected chi connectivity index (χ1v) is 12.6. The van der Waals surface area contributed by atoms with Crippen molar-refractivity contribution in [2.24, 2.45) is 0 Å². The number of thioether (sulfide) groups is 1. The molecule has 1 amide bonds. The summed E-state index contributed by atoms with van der Waals surface area (Å²) in [6, 6.07) is 13.9. The van der Waals surface area contributed by atoms with Crippen molar-refractivity contribution in [3.05, 3.63) is 66.9 Å².